The number of hydrogen-bond donors (Lipinski definition) is 0. The Balaban J connectivity index is 3.39. The van der Waals surface area contributed by atoms with Gasteiger partial charge in [0.25, 0.3) is 0 Å². The summed E-state index contributed by atoms with van der Waals surface area (Å²) in [6, 6.07) is 2.65. The van der Waals surface area contributed by atoms with Crippen molar-refractivity contribution >= 4 is 9.47 Å². The van der Waals surface area contributed by atoms with Crippen molar-refractivity contribution in [2.45, 2.75) is 26.2 Å². The molecule has 1 rings (SSSR count). The SMILES string of the molecule is CC(C)(C)c1ccc(F)c(F)c1OP. The van der Waals surface area contributed by atoms with E-state index in [4.69, 9.17) is 4.52 Å². The maximum atomic E-state index is 13.3. The molecule has 0 bridgehead atoms. The third-order valence-corrected chi connectivity index (χ3v) is 2.21. The van der Waals surface area contributed by atoms with Crippen LogP contribution >= 0.6 is 9.47 Å². The monoisotopic (exact) mass is 218 g/mol. The smallest absolute Gasteiger partial charge is 0.201 e. The van der Waals surface area contributed by atoms with Gasteiger partial charge in [0.1, 0.15) is 0 Å². The quantitative estimate of drug-likeness (QED) is 0.656. The van der Waals surface area contributed by atoms with E-state index in [1.165, 1.54) is 6.07 Å². The zero-order chi connectivity index (χ0) is 10.9. The molecule has 1 aromatic rings. The lowest BCUT2D eigenvalue weighted by Crippen LogP contribution is -2.13. The molecule has 0 aliphatic carbocycles. The summed E-state index contributed by atoms with van der Waals surface area (Å²) >= 11 is 0. The normalized spacial score (nSPS) is 11.6. The number of halogens is 2. The van der Waals surface area contributed by atoms with E-state index in [0.29, 0.717) is 5.56 Å². The fourth-order valence-electron chi connectivity index (χ4n) is 1.24. The summed E-state index contributed by atoms with van der Waals surface area (Å²) in [6.45, 7) is 5.73. The highest BCUT2D eigenvalue weighted by atomic mass is 31.0. The summed E-state index contributed by atoms with van der Waals surface area (Å²) in [4.78, 5) is 0. The second kappa shape index (κ2) is 3.82. The molecule has 0 aliphatic rings. The lowest BCUT2D eigenvalue weighted by Gasteiger charge is -2.22. The maximum absolute atomic E-state index is 13.3. The second-order valence-electron chi connectivity index (χ2n) is 4.11. The van der Waals surface area contributed by atoms with Gasteiger partial charge in [-0.05, 0) is 11.5 Å². The molecule has 1 atom stereocenters. The lowest BCUT2D eigenvalue weighted by atomic mass is 9.86. The maximum Gasteiger partial charge on any atom is 0.201 e. The van der Waals surface area contributed by atoms with Crippen LogP contribution < -0.4 is 4.52 Å². The number of benzene rings is 1. The zero-order valence-corrected chi connectivity index (χ0v) is 9.55. The minimum absolute atomic E-state index is 0.0394. The van der Waals surface area contributed by atoms with E-state index < -0.39 is 11.6 Å². The highest BCUT2D eigenvalue weighted by Gasteiger charge is 2.23. The number of rotatable bonds is 1. The van der Waals surface area contributed by atoms with Crippen molar-refractivity contribution in [3.63, 3.8) is 0 Å². The van der Waals surface area contributed by atoms with Crippen molar-refractivity contribution in [1.82, 2.24) is 0 Å². The van der Waals surface area contributed by atoms with Gasteiger partial charge in [-0.1, -0.05) is 26.8 Å². The topological polar surface area (TPSA) is 9.23 Å². The van der Waals surface area contributed by atoms with Gasteiger partial charge < -0.3 is 4.52 Å². The van der Waals surface area contributed by atoms with E-state index >= 15 is 0 Å². The van der Waals surface area contributed by atoms with E-state index in [9.17, 15) is 8.78 Å². The lowest BCUT2D eigenvalue weighted by molar-refractivity contribution is 0.453. The fourth-order valence-corrected chi connectivity index (χ4v) is 1.47. The summed E-state index contributed by atoms with van der Waals surface area (Å²) in [5.41, 5.74) is 0.367. The van der Waals surface area contributed by atoms with Gasteiger partial charge in [-0.2, -0.15) is 4.39 Å². The largest absolute Gasteiger partial charge is 0.477 e. The van der Waals surface area contributed by atoms with Gasteiger partial charge in [0.15, 0.2) is 11.6 Å². The molecule has 4 heteroatoms. The van der Waals surface area contributed by atoms with Gasteiger partial charge in [0, 0.05) is 5.56 Å². The standard InChI is InChI=1S/C10H13F2OP/c1-10(2,3)6-4-5-7(11)8(12)9(6)13-14/h4-5H,14H2,1-3H3. The molecule has 0 heterocycles. The molecule has 0 aromatic heterocycles. The predicted octanol–water partition coefficient (Wildman–Crippen LogP) is 3.43. The molecule has 1 aromatic carbocycles. The van der Waals surface area contributed by atoms with Crippen molar-refractivity contribution in [2.24, 2.45) is 0 Å². The molecular weight excluding hydrogens is 205 g/mol. The van der Waals surface area contributed by atoms with Gasteiger partial charge in [-0.3, -0.25) is 0 Å². The first-order valence-electron chi connectivity index (χ1n) is 4.23. The molecule has 0 N–H and O–H groups in total. The summed E-state index contributed by atoms with van der Waals surface area (Å²) in [6.07, 6.45) is 0. The molecule has 0 radical (unpaired) electrons. The predicted molar refractivity (Wildman–Crippen MR) is 55.4 cm³/mol. The zero-order valence-electron chi connectivity index (χ0n) is 8.40. The van der Waals surface area contributed by atoms with E-state index in [1.54, 1.807) is 0 Å². The Morgan fingerprint density at radius 3 is 2.21 bits per heavy atom. The van der Waals surface area contributed by atoms with Crippen molar-refractivity contribution in [2.75, 3.05) is 0 Å². The van der Waals surface area contributed by atoms with Crippen LogP contribution in [0.4, 0.5) is 8.78 Å². The number of hydrogen-bond acceptors (Lipinski definition) is 1. The molecule has 78 valence electrons. The first-order valence-corrected chi connectivity index (χ1v) is 4.70. The highest BCUT2D eigenvalue weighted by Crippen LogP contribution is 2.35. The average Bonchev–Trinajstić information content (AvgIpc) is 2.07. The van der Waals surface area contributed by atoms with Crippen LogP contribution in [0.25, 0.3) is 0 Å². The summed E-state index contributed by atoms with van der Waals surface area (Å²) in [7, 11) is 1.94. The van der Waals surface area contributed by atoms with Crippen LogP contribution in [-0.2, 0) is 5.41 Å². The third kappa shape index (κ3) is 2.03. The van der Waals surface area contributed by atoms with Gasteiger partial charge in [-0.25, -0.2) is 4.39 Å². The molecular formula is C10H13F2OP. The Morgan fingerprint density at radius 2 is 1.79 bits per heavy atom. The molecule has 0 saturated heterocycles. The molecule has 1 unspecified atom stereocenters. The Hall–Kier alpha value is -0.690. The fraction of sp³-hybridized carbons (Fsp3) is 0.400. The molecule has 0 aliphatic heterocycles. The van der Waals surface area contributed by atoms with E-state index in [0.717, 1.165) is 6.07 Å². The molecule has 0 saturated carbocycles. The van der Waals surface area contributed by atoms with Gasteiger partial charge >= 0.3 is 0 Å². The molecule has 0 spiro atoms. The Morgan fingerprint density at radius 1 is 1.21 bits per heavy atom. The average molecular weight is 218 g/mol. The van der Waals surface area contributed by atoms with Crippen LogP contribution in [0.15, 0.2) is 12.1 Å². The van der Waals surface area contributed by atoms with Gasteiger partial charge in [0.05, 0.1) is 9.47 Å². The Kier molecular flexibility index (Phi) is 3.10. The van der Waals surface area contributed by atoms with Crippen LogP contribution in [0.2, 0.25) is 0 Å². The molecule has 0 fully saturated rings. The van der Waals surface area contributed by atoms with Crippen LogP contribution in [0.5, 0.6) is 5.75 Å². The van der Waals surface area contributed by atoms with Crippen LogP contribution in [0.1, 0.15) is 26.3 Å². The van der Waals surface area contributed by atoms with Crippen LogP contribution in [0.3, 0.4) is 0 Å². The van der Waals surface area contributed by atoms with Crippen molar-refractivity contribution < 1.29 is 13.3 Å². The highest BCUT2D eigenvalue weighted by molar-refractivity contribution is 7.10. The Labute approximate surface area is 84.8 Å². The summed E-state index contributed by atoms with van der Waals surface area (Å²) in [5.74, 6) is -1.87. The van der Waals surface area contributed by atoms with Crippen LogP contribution in [0, 0.1) is 11.6 Å². The van der Waals surface area contributed by atoms with Crippen molar-refractivity contribution in [3.8, 4) is 5.75 Å². The van der Waals surface area contributed by atoms with Gasteiger partial charge in [-0.15, -0.1) is 0 Å². The molecule has 1 nitrogen and oxygen atoms in total. The van der Waals surface area contributed by atoms with E-state index in [2.05, 4.69) is 0 Å². The second-order valence-corrected chi connectivity index (χ2v) is 4.34. The van der Waals surface area contributed by atoms with Gasteiger partial charge in [0.2, 0.25) is 5.82 Å². The minimum Gasteiger partial charge on any atom is -0.477 e. The molecule has 0 amide bonds. The van der Waals surface area contributed by atoms with Crippen molar-refractivity contribution in [1.29, 1.82) is 0 Å². The van der Waals surface area contributed by atoms with E-state index in [1.807, 2.05) is 30.2 Å². The molecule has 14 heavy (non-hydrogen) atoms. The third-order valence-electron chi connectivity index (χ3n) is 1.98. The minimum atomic E-state index is -0.938. The summed E-state index contributed by atoms with van der Waals surface area (Å²) < 4.78 is 30.9. The van der Waals surface area contributed by atoms with Crippen molar-refractivity contribution in [3.05, 3.63) is 29.3 Å². The Bertz CT molecular complexity index is 345. The summed E-state index contributed by atoms with van der Waals surface area (Å²) in [5, 5.41) is 0. The first kappa shape index (κ1) is 11.4. The van der Waals surface area contributed by atoms with Crippen LogP contribution in [-0.4, -0.2) is 0 Å². The van der Waals surface area contributed by atoms with E-state index in [-0.39, 0.29) is 11.2 Å². The first-order chi connectivity index (χ1) is 6.38.